The molecule has 1 fully saturated rings. The van der Waals surface area contributed by atoms with E-state index in [4.69, 9.17) is 0 Å². The van der Waals surface area contributed by atoms with Gasteiger partial charge >= 0.3 is 0 Å². The van der Waals surface area contributed by atoms with Crippen LogP contribution in [0.1, 0.15) is 56.8 Å². The quantitative estimate of drug-likeness (QED) is 0.862. The third-order valence-corrected chi connectivity index (χ3v) is 3.92. The van der Waals surface area contributed by atoms with Crippen molar-refractivity contribution in [1.82, 2.24) is 10.2 Å². The summed E-state index contributed by atoms with van der Waals surface area (Å²) in [4.78, 5) is 14.5. The first-order chi connectivity index (χ1) is 9.67. The molecule has 0 spiro atoms. The standard InChI is InChI=1S/C17H26N2O/c1-4-6-10-15-17(20)19(11-5-2)16(18-15)14-9-7-8-13(3)12-14/h7-9,12,15-16,18H,4-6,10-11H2,1-3H3. The fourth-order valence-electron chi connectivity index (χ4n) is 2.89. The van der Waals surface area contributed by atoms with Gasteiger partial charge < -0.3 is 4.90 Å². The Labute approximate surface area is 122 Å². The molecule has 2 unspecified atom stereocenters. The summed E-state index contributed by atoms with van der Waals surface area (Å²) in [6.45, 7) is 7.22. The predicted molar refractivity (Wildman–Crippen MR) is 82.4 cm³/mol. The number of benzene rings is 1. The number of nitrogens with one attached hydrogen (secondary N) is 1. The molecule has 1 aromatic carbocycles. The molecule has 1 heterocycles. The smallest absolute Gasteiger partial charge is 0.241 e. The summed E-state index contributed by atoms with van der Waals surface area (Å²) in [5.41, 5.74) is 2.44. The molecular weight excluding hydrogens is 248 g/mol. The number of aryl methyl sites for hydroxylation is 1. The van der Waals surface area contributed by atoms with Crippen molar-refractivity contribution in [2.75, 3.05) is 6.54 Å². The maximum atomic E-state index is 12.5. The molecule has 1 aliphatic rings. The molecule has 3 nitrogen and oxygen atoms in total. The summed E-state index contributed by atoms with van der Waals surface area (Å²) in [6.07, 6.45) is 4.22. The van der Waals surface area contributed by atoms with E-state index in [0.717, 1.165) is 32.2 Å². The minimum absolute atomic E-state index is 0.00740. The van der Waals surface area contributed by atoms with Gasteiger partial charge in [0.1, 0.15) is 6.17 Å². The lowest BCUT2D eigenvalue weighted by Crippen LogP contribution is -2.31. The number of rotatable bonds is 6. The predicted octanol–water partition coefficient (Wildman–Crippen LogP) is 3.39. The van der Waals surface area contributed by atoms with Gasteiger partial charge in [-0.05, 0) is 25.3 Å². The number of unbranched alkanes of at least 4 members (excludes halogenated alkanes) is 1. The zero-order valence-electron chi connectivity index (χ0n) is 12.9. The first-order valence-electron chi connectivity index (χ1n) is 7.80. The second-order valence-electron chi connectivity index (χ2n) is 5.71. The monoisotopic (exact) mass is 274 g/mol. The van der Waals surface area contributed by atoms with Gasteiger partial charge in [0.2, 0.25) is 5.91 Å². The van der Waals surface area contributed by atoms with Crippen LogP contribution in [0.15, 0.2) is 24.3 Å². The number of amides is 1. The molecule has 3 heteroatoms. The van der Waals surface area contributed by atoms with E-state index in [1.165, 1.54) is 11.1 Å². The van der Waals surface area contributed by atoms with Crippen LogP contribution in [0.4, 0.5) is 0 Å². The van der Waals surface area contributed by atoms with Gasteiger partial charge in [-0.2, -0.15) is 0 Å². The van der Waals surface area contributed by atoms with Crippen LogP contribution in [0.3, 0.4) is 0 Å². The van der Waals surface area contributed by atoms with Crippen molar-refractivity contribution < 1.29 is 4.79 Å². The summed E-state index contributed by atoms with van der Waals surface area (Å²) in [5, 5.41) is 3.53. The van der Waals surface area contributed by atoms with Crippen molar-refractivity contribution in [3.8, 4) is 0 Å². The third kappa shape index (κ3) is 3.21. The summed E-state index contributed by atoms with van der Waals surface area (Å²) in [6, 6.07) is 8.45. The molecule has 110 valence electrons. The van der Waals surface area contributed by atoms with E-state index < -0.39 is 0 Å². The first-order valence-corrected chi connectivity index (χ1v) is 7.80. The molecular formula is C17H26N2O. The lowest BCUT2D eigenvalue weighted by molar-refractivity contribution is -0.130. The van der Waals surface area contributed by atoms with Crippen LogP contribution in [-0.4, -0.2) is 23.4 Å². The van der Waals surface area contributed by atoms with E-state index in [1.54, 1.807) is 0 Å². The second-order valence-corrected chi connectivity index (χ2v) is 5.71. The Morgan fingerprint density at radius 3 is 2.70 bits per heavy atom. The number of carbonyl (C=O) groups excluding carboxylic acids is 1. The van der Waals surface area contributed by atoms with Crippen molar-refractivity contribution in [2.24, 2.45) is 0 Å². The molecule has 0 aliphatic carbocycles. The van der Waals surface area contributed by atoms with E-state index in [9.17, 15) is 4.79 Å². The molecule has 2 atom stereocenters. The van der Waals surface area contributed by atoms with Crippen LogP contribution in [0.25, 0.3) is 0 Å². The summed E-state index contributed by atoms with van der Waals surface area (Å²) in [5.74, 6) is 0.270. The third-order valence-electron chi connectivity index (χ3n) is 3.92. The van der Waals surface area contributed by atoms with Crippen LogP contribution >= 0.6 is 0 Å². The maximum absolute atomic E-state index is 12.5. The van der Waals surface area contributed by atoms with E-state index in [1.807, 2.05) is 4.90 Å². The van der Waals surface area contributed by atoms with Gasteiger partial charge in [-0.1, -0.05) is 56.5 Å². The topological polar surface area (TPSA) is 32.3 Å². The average Bonchev–Trinajstić information content (AvgIpc) is 2.74. The van der Waals surface area contributed by atoms with Gasteiger partial charge in [0.15, 0.2) is 0 Å². The highest BCUT2D eigenvalue weighted by Crippen LogP contribution is 2.27. The summed E-state index contributed by atoms with van der Waals surface area (Å²) >= 11 is 0. The van der Waals surface area contributed by atoms with Gasteiger partial charge in [-0.15, -0.1) is 0 Å². The van der Waals surface area contributed by atoms with Gasteiger partial charge in [0, 0.05) is 6.54 Å². The summed E-state index contributed by atoms with van der Waals surface area (Å²) in [7, 11) is 0. The Balaban J connectivity index is 2.19. The van der Waals surface area contributed by atoms with Crippen LogP contribution in [-0.2, 0) is 4.79 Å². The van der Waals surface area contributed by atoms with Crippen LogP contribution < -0.4 is 5.32 Å². The molecule has 20 heavy (non-hydrogen) atoms. The minimum Gasteiger partial charge on any atom is -0.322 e. The maximum Gasteiger partial charge on any atom is 0.241 e. The zero-order valence-corrected chi connectivity index (χ0v) is 12.9. The van der Waals surface area contributed by atoms with Gasteiger partial charge in [-0.3, -0.25) is 10.1 Å². The molecule has 0 aromatic heterocycles. The lowest BCUT2D eigenvalue weighted by atomic mass is 10.1. The Morgan fingerprint density at radius 1 is 1.25 bits per heavy atom. The van der Waals surface area contributed by atoms with Crippen molar-refractivity contribution in [1.29, 1.82) is 0 Å². The van der Waals surface area contributed by atoms with Crippen LogP contribution in [0.2, 0.25) is 0 Å². The van der Waals surface area contributed by atoms with Crippen LogP contribution in [0.5, 0.6) is 0 Å². The highest BCUT2D eigenvalue weighted by atomic mass is 16.2. The van der Waals surface area contributed by atoms with E-state index >= 15 is 0 Å². The second kappa shape index (κ2) is 6.89. The van der Waals surface area contributed by atoms with Crippen molar-refractivity contribution in [3.05, 3.63) is 35.4 Å². The molecule has 1 N–H and O–H groups in total. The highest BCUT2D eigenvalue weighted by Gasteiger charge is 2.38. The number of hydrogen-bond donors (Lipinski definition) is 1. The van der Waals surface area contributed by atoms with Crippen molar-refractivity contribution in [3.63, 3.8) is 0 Å². The first kappa shape index (κ1) is 15.0. The van der Waals surface area contributed by atoms with Gasteiger partial charge in [-0.25, -0.2) is 0 Å². The molecule has 0 saturated carbocycles. The Kier molecular flexibility index (Phi) is 5.18. The SMILES string of the molecule is CCCCC1NC(c2cccc(C)c2)N(CCC)C1=O. The molecule has 1 amide bonds. The minimum atomic E-state index is -0.00740. The molecule has 1 aliphatic heterocycles. The molecule has 1 aromatic rings. The molecule has 2 rings (SSSR count). The largest absolute Gasteiger partial charge is 0.322 e. The van der Waals surface area contributed by atoms with Crippen molar-refractivity contribution >= 4 is 5.91 Å². The zero-order chi connectivity index (χ0) is 14.5. The highest BCUT2D eigenvalue weighted by molar-refractivity contribution is 5.84. The number of carbonyl (C=O) groups is 1. The number of hydrogen-bond acceptors (Lipinski definition) is 2. The summed E-state index contributed by atoms with van der Waals surface area (Å²) < 4.78 is 0. The van der Waals surface area contributed by atoms with Crippen molar-refractivity contribution in [2.45, 2.75) is 58.7 Å². The van der Waals surface area contributed by atoms with Gasteiger partial charge in [0.25, 0.3) is 0 Å². The molecule has 0 bridgehead atoms. The molecule has 1 saturated heterocycles. The molecule has 0 radical (unpaired) electrons. The number of nitrogens with zero attached hydrogens (tertiary/aromatic N) is 1. The fourth-order valence-corrected chi connectivity index (χ4v) is 2.89. The Morgan fingerprint density at radius 2 is 2.05 bits per heavy atom. The Hall–Kier alpha value is -1.35. The van der Waals surface area contributed by atoms with Crippen LogP contribution in [0, 0.1) is 6.92 Å². The van der Waals surface area contributed by atoms with E-state index in [2.05, 4.69) is 50.4 Å². The van der Waals surface area contributed by atoms with E-state index in [-0.39, 0.29) is 18.1 Å². The fraction of sp³-hybridized carbons (Fsp3) is 0.588. The average molecular weight is 274 g/mol. The Bertz CT molecular complexity index is 458. The normalized spacial score (nSPS) is 22.6. The van der Waals surface area contributed by atoms with E-state index in [0.29, 0.717) is 0 Å². The van der Waals surface area contributed by atoms with Gasteiger partial charge in [0.05, 0.1) is 6.04 Å². The lowest BCUT2D eigenvalue weighted by Gasteiger charge is -2.24.